The van der Waals surface area contributed by atoms with Gasteiger partial charge in [-0.2, -0.15) is 0 Å². The topological polar surface area (TPSA) is 48.1 Å². The lowest BCUT2D eigenvalue weighted by atomic mass is 10.2. The summed E-state index contributed by atoms with van der Waals surface area (Å²) in [7, 11) is 0. The summed E-state index contributed by atoms with van der Waals surface area (Å²) < 4.78 is 5.94. The van der Waals surface area contributed by atoms with Crippen LogP contribution in [0.2, 0.25) is 0 Å². The van der Waals surface area contributed by atoms with Crippen LogP contribution < -0.4 is 5.32 Å². The maximum absolute atomic E-state index is 12.2. The van der Waals surface area contributed by atoms with E-state index in [1.165, 1.54) is 12.8 Å². The second-order valence-electron chi connectivity index (χ2n) is 7.84. The van der Waals surface area contributed by atoms with Crippen LogP contribution in [0.25, 0.3) is 0 Å². The van der Waals surface area contributed by atoms with Crippen LogP contribution >= 0.6 is 0 Å². The smallest absolute Gasteiger partial charge is 0.236 e. The Bertz CT molecular complexity index is 406. The van der Waals surface area contributed by atoms with E-state index in [4.69, 9.17) is 4.74 Å². The highest BCUT2D eigenvalue weighted by molar-refractivity contribution is 5.78. The molecule has 3 rings (SSSR count). The van der Waals surface area contributed by atoms with Crippen LogP contribution in [-0.4, -0.2) is 98.3 Å². The third-order valence-electron chi connectivity index (χ3n) is 5.49. The van der Waals surface area contributed by atoms with Gasteiger partial charge in [-0.15, -0.1) is 0 Å². The van der Waals surface area contributed by atoms with E-state index >= 15 is 0 Å². The van der Waals surface area contributed by atoms with Gasteiger partial charge in [-0.25, -0.2) is 0 Å². The number of carbonyl (C=O) groups is 1. The Morgan fingerprint density at radius 1 is 1.17 bits per heavy atom. The standard InChI is InChI=1S/C18H34N4O2/c1-15(2)22-9-10-24-17(14-22)13-20-5-7-21(8-6-20)18(23)12-19-11-16-3-4-16/h15-17,19H,3-14H2,1-2H3. The molecule has 1 saturated carbocycles. The predicted octanol–water partition coefficient (Wildman–Crippen LogP) is 0.239. The van der Waals surface area contributed by atoms with Crippen molar-refractivity contribution in [2.45, 2.75) is 38.8 Å². The number of amides is 1. The number of morpholine rings is 1. The normalized spacial score (nSPS) is 27.0. The van der Waals surface area contributed by atoms with Crippen molar-refractivity contribution < 1.29 is 9.53 Å². The molecule has 0 spiro atoms. The predicted molar refractivity (Wildman–Crippen MR) is 95.1 cm³/mol. The van der Waals surface area contributed by atoms with Crippen LogP contribution in [0.15, 0.2) is 0 Å². The largest absolute Gasteiger partial charge is 0.374 e. The zero-order valence-electron chi connectivity index (χ0n) is 15.4. The minimum Gasteiger partial charge on any atom is -0.374 e. The van der Waals surface area contributed by atoms with Gasteiger partial charge < -0.3 is 15.0 Å². The maximum atomic E-state index is 12.2. The number of nitrogens with one attached hydrogen (secondary N) is 1. The minimum atomic E-state index is 0.259. The molecule has 0 radical (unpaired) electrons. The van der Waals surface area contributed by atoms with Crippen molar-refractivity contribution in [3.63, 3.8) is 0 Å². The van der Waals surface area contributed by atoms with Crippen LogP contribution in [0.5, 0.6) is 0 Å². The maximum Gasteiger partial charge on any atom is 0.236 e. The van der Waals surface area contributed by atoms with E-state index < -0.39 is 0 Å². The molecule has 1 atom stereocenters. The van der Waals surface area contributed by atoms with Gasteiger partial charge in [0.1, 0.15) is 0 Å². The second-order valence-corrected chi connectivity index (χ2v) is 7.84. The first-order chi connectivity index (χ1) is 11.6. The molecule has 2 saturated heterocycles. The first kappa shape index (κ1) is 18.1. The monoisotopic (exact) mass is 338 g/mol. The van der Waals surface area contributed by atoms with Crippen molar-refractivity contribution in [2.75, 3.05) is 65.5 Å². The van der Waals surface area contributed by atoms with E-state index in [0.29, 0.717) is 18.7 Å². The van der Waals surface area contributed by atoms with Crippen molar-refractivity contribution in [3.8, 4) is 0 Å². The van der Waals surface area contributed by atoms with Crippen molar-refractivity contribution in [1.29, 1.82) is 0 Å². The number of nitrogens with zero attached hydrogens (tertiary/aromatic N) is 3. The van der Waals surface area contributed by atoms with Gasteiger partial charge in [0, 0.05) is 51.9 Å². The fourth-order valence-corrected chi connectivity index (χ4v) is 3.61. The molecule has 6 heteroatoms. The Hall–Kier alpha value is -0.690. The molecule has 0 bridgehead atoms. The molecule has 1 N–H and O–H groups in total. The fraction of sp³-hybridized carbons (Fsp3) is 0.944. The molecular weight excluding hydrogens is 304 g/mol. The summed E-state index contributed by atoms with van der Waals surface area (Å²) in [5, 5.41) is 3.31. The molecule has 0 aromatic rings. The van der Waals surface area contributed by atoms with E-state index in [9.17, 15) is 4.79 Å². The molecule has 6 nitrogen and oxygen atoms in total. The highest BCUT2D eigenvalue weighted by Gasteiger charge is 2.27. The molecule has 24 heavy (non-hydrogen) atoms. The molecule has 1 unspecified atom stereocenters. The Kier molecular flexibility index (Phi) is 6.49. The third-order valence-corrected chi connectivity index (χ3v) is 5.49. The Morgan fingerprint density at radius 2 is 1.92 bits per heavy atom. The van der Waals surface area contributed by atoms with Gasteiger partial charge in [0.05, 0.1) is 19.3 Å². The number of carbonyl (C=O) groups excluding carboxylic acids is 1. The average Bonchev–Trinajstić information content (AvgIpc) is 3.40. The molecule has 0 aromatic heterocycles. The number of ether oxygens (including phenoxy) is 1. The summed E-state index contributed by atoms with van der Waals surface area (Å²) in [6, 6.07) is 0.592. The van der Waals surface area contributed by atoms with Crippen LogP contribution in [-0.2, 0) is 9.53 Å². The Balaban J connectivity index is 1.33. The number of rotatable bonds is 7. The van der Waals surface area contributed by atoms with Crippen LogP contribution in [0.4, 0.5) is 0 Å². The molecule has 1 aliphatic carbocycles. The lowest BCUT2D eigenvalue weighted by Crippen LogP contribution is -2.55. The van der Waals surface area contributed by atoms with E-state index in [1.807, 2.05) is 4.90 Å². The molecular formula is C18H34N4O2. The zero-order chi connectivity index (χ0) is 16.9. The van der Waals surface area contributed by atoms with Gasteiger partial charge in [-0.3, -0.25) is 14.6 Å². The molecule has 2 aliphatic heterocycles. The number of piperazine rings is 1. The molecule has 0 aromatic carbocycles. The van der Waals surface area contributed by atoms with E-state index in [2.05, 4.69) is 29.0 Å². The van der Waals surface area contributed by atoms with Gasteiger partial charge in [0.25, 0.3) is 0 Å². The van der Waals surface area contributed by atoms with Crippen LogP contribution in [0, 0.1) is 5.92 Å². The van der Waals surface area contributed by atoms with Crippen molar-refractivity contribution in [2.24, 2.45) is 5.92 Å². The van der Waals surface area contributed by atoms with Gasteiger partial charge >= 0.3 is 0 Å². The molecule has 3 fully saturated rings. The van der Waals surface area contributed by atoms with Gasteiger partial charge in [-0.05, 0) is 39.2 Å². The summed E-state index contributed by atoms with van der Waals surface area (Å²) in [5.41, 5.74) is 0. The highest BCUT2D eigenvalue weighted by atomic mass is 16.5. The van der Waals surface area contributed by atoms with Gasteiger partial charge in [0.2, 0.25) is 5.91 Å². The fourth-order valence-electron chi connectivity index (χ4n) is 3.61. The van der Waals surface area contributed by atoms with Crippen LogP contribution in [0.1, 0.15) is 26.7 Å². The van der Waals surface area contributed by atoms with Crippen molar-refractivity contribution in [1.82, 2.24) is 20.0 Å². The molecule has 2 heterocycles. The van der Waals surface area contributed by atoms with E-state index in [-0.39, 0.29) is 5.91 Å². The van der Waals surface area contributed by atoms with Crippen LogP contribution in [0.3, 0.4) is 0 Å². The number of hydrogen-bond acceptors (Lipinski definition) is 5. The molecule has 3 aliphatic rings. The second kappa shape index (κ2) is 8.61. The van der Waals surface area contributed by atoms with Gasteiger partial charge in [-0.1, -0.05) is 0 Å². The van der Waals surface area contributed by atoms with E-state index in [0.717, 1.165) is 64.9 Å². The average molecular weight is 338 g/mol. The van der Waals surface area contributed by atoms with Crippen molar-refractivity contribution >= 4 is 5.91 Å². The van der Waals surface area contributed by atoms with Gasteiger partial charge in [0.15, 0.2) is 0 Å². The summed E-state index contributed by atoms with van der Waals surface area (Å²) >= 11 is 0. The summed E-state index contributed by atoms with van der Waals surface area (Å²) in [5.74, 6) is 1.09. The Labute approximate surface area is 146 Å². The lowest BCUT2D eigenvalue weighted by molar-refractivity contribution is -0.132. The third kappa shape index (κ3) is 5.41. The summed E-state index contributed by atoms with van der Waals surface area (Å²) in [4.78, 5) is 19.2. The lowest BCUT2D eigenvalue weighted by Gasteiger charge is -2.40. The minimum absolute atomic E-state index is 0.259. The van der Waals surface area contributed by atoms with E-state index in [1.54, 1.807) is 0 Å². The zero-order valence-corrected chi connectivity index (χ0v) is 15.4. The molecule has 1 amide bonds. The SMILES string of the molecule is CC(C)N1CCOC(CN2CCN(C(=O)CNCC3CC3)CC2)C1. The number of hydrogen-bond donors (Lipinski definition) is 1. The summed E-state index contributed by atoms with van der Waals surface area (Å²) in [6.07, 6.45) is 2.97. The quantitative estimate of drug-likeness (QED) is 0.721. The van der Waals surface area contributed by atoms with Crippen molar-refractivity contribution in [3.05, 3.63) is 0 Å². The first-order valence-electron chi connectivity index (χ1n) is 9.68. The Morgan fingerprint density at radius 3 is 2.58 bits per heavy atom. The highest BCUT2D eigenvalue weighted by Crippen LogP contribution is 2.27. The first-order valence-corrected chi connectivity index (χ1v) is 9.68. The molecule has 138 valence electrons. The summed E-state index contributed by atoms with van der Waals surface area (Å²) in [6.45, 7) is 13.6.